The van der Waals surface area contributed by atoms with E-state index in [0.717, 1.165) is 24.4 Å². The van der Waals surface area contributed by atoms with Crippen molar-refractivity contribution in [2.75, 3.05) is 13.6 Å². The molecule has 1 atom stereocenters. The van der Waals surface area contributed by atoms with Gasteiger partial charge in [-0.3, -0.25) is 4.98 Å². The van der Waals surface area contributed by atoms with Gasteiger partial charge in [0.1, 0.15) is 0 Å². The first-order valence-electron chi connectivity index (χ1n) is 6.34. The minimum Gasteiger partial charge on any atom is -0.319 e. The van der Waals surface area contributed by atoms with Crippen LogP contribution in [0.4, 0.5) is 0 Å². The van der Waals surface area contributed by atoms with Crippen LogP contribution >= 0.6 is 11.3 Å². The van der Waals surface area contributed by atoms with E-state index in [9.17, 15) is 0 Å². The fraction of sp³-hybridized carbons (Fsp3) is 0.429. The van der Waals surface area contributed by atoms with E-state index in [0.29, 0.717) is 5.92 Å². The van der Waals surface area contributed by atoms with Gasteiger partial charge in [-0.2, -0.15) is 0 Å². The molecule has 0 aromatic carbocycles. The molecule has 0 aliphatic rings. The lowest BCUT2D eigenvalue weighted by Gasteiger charge is -2.11. The molecule has 3 nitrogen and oxygen atoms in total. The highest BCUT2D eigenvalue weighted by molar-refractivity contribution is 7.09. The Bertz CT molecular complexity index is 467. The number of aromatic nitrogens is 2. The van der Waals surface area contributed by atoms with Crippen LogP contribution in [0.15, 0.2) is 29.8 Å². The van der Waals surface area contributed by atoms with Crippen LogP contribution in [0.3, 0.4) is 0 Å². The minimum absolute atomic E-state index is 0.665. The molecule has 2 rings (SSSR count). The standard InChI is InChI=1S/C14H19N3S/c1-3-11(9-15-2)8-14-17-13(10-18-14)12-6-4-5-7-16-12/h4-7,10-11,15H,3,8-9H2,1-2H3. The number of nitrogens with one attached hydrogen (secondary N) is 1. The molecule has 0 radical (unpaired) electrons. The lowest BCUT2D eigenvalue weighted by Crippen LogP contribution is -2.19. The van der Waals surface area contributed by atoms with Crippen LogP contribution in [0, 0.1) is 5.92 Å². The van der Waals surface area contributed by atoms with Crippen LogP contribution in [-0.2, 0) is 6.42 Å². The highest BCUT2D eigenvalue weighted by atomic mass is 32.1. The maximum Gasteiger partial charge on any atom is 0.0998 e. The first kappa shape index (κ1) is 13.2. The molecule has 96 valence electrons. The third-order valence-electron chi connectivity index (χ3n) is 3.01. The van der Waals surface area contributed by atoms with Gasteiger partial charge in [-0.25, -0.2) is 4.98 Å². The minimum atomic E-state index is 0.665. The van der Waals surface area contributed by atoms with Crippen LogP contribution in [0.1, 0.15) is 18.4 Å². The Morgan fingerprint density at radius 2 is 2.22 bits per heavy atom. The first-order valence-corrected chi connectivity index (χ1v) is 7.21. The van der Waals surface area contributed by atoms with E-state index in [1.54, 1.807) is 11.3 Å². The maximum absolute atomic E-state index is 4.68. The number of nitrogens with zero attached hydrogens (tertiary/aromatic N) is 2. The van der Waals surface area contributed by atoms with E-state index < -0.39 is 0 Å². The molecule has 1 N–H and O–H groups in total. The summed E-state index contributed by atoms with van der Waals surface area (Å²) in [6.07, 6.45) is 4.04. The molecule has 0 amide bonds. The van der Waals surface area contributed by atoms with Crippen LogP contribution in [0.2, 0.25) is 0 Å². The zero-order valence-corrected chi connectivity index (χ0v) is 11.7. The van der Waals surface area contributed by atoms with Crippen molar-refractivity contribution in [1.29, 1.82) is 0 Å². The Morgan fingerprint density at radius 3 is 2.89 bits per heavy atom. The Labute approximate surface area is 112 Å². The Morgan fingerprint density at radius 1 is 1.33 bits per heavy atom. The van der Waals surface area contributed by atoms with Crippen molar-refractivity contribution in [2.45, 2.75) is 19.8 Å². The summed E-state index contributed by atoms with van der Waals surface area (Å²) in [5, 5.41) is 6.55. The fourth-order valence-corrected chi connectivity index (χ4v) is 2.84. The molecular weight excluding hydrogens is 242 g/mol. The summed E-state index contributed by atoms with van der Waals surface area (Å²) in [7, 11) is 2.00. The highest BCUT2D eigenvalue weighted by Crippen LogP contribution is 2.22. The zero-order chi connectivity index (χ0) is 12.8. The molecule has 2 heterocycles. The van der Waals surface area contributed by atoms with Gasteiger partial charge in [0.2, 0.25) is 0 Å². The molecule has 0 fully saturated rings. The summed E-state index contributed by atoms with van der Waals surface area (Å²) in [5.74, 6) is 0.665. The van der Waals surface area contributed by atoms with E-state index in [1.165, 1.54) is 11.4 Å². The highest BCUT2D eigenvalue weighted by Gasteiger charge is 2.11. The molecule has 2 aromatic heterocycles. The normalized spacial score (nSPS) is 12.6. The third kappa shape index (κ3) is 3.37. The number of thiazole rings is 1. The molecule has 0 aliphatic heterocycles. The number of hydrogen-bond acceptors (Lipinski definition) is 4. The Hall–Kier alpha value is -1.26. The Balaban J connectivity index is 2.06. The third-order valence-corrected chi connectivity index (χ3v) is 3.88. The van der Waals surface area contributed by atoms with Crippen LogP contribution in [-0.4, -0.2) is 23.6 Å². The van der Waals surface area contributed by atoms with Crippen molar-refractivity contribution in [3.8, 4) is 11.4 Å². The van der Waals surface area contributed by atoms with Gasteiger partial charge < -0.3 is 5.32 Å². The Kier molecular flexibility index (Phi) is 4.84. The number of hydrogen-bond donors (Lipinski definition) is 1. The largest absolute Gasteiger partial charge is 0.319 e. The van der Waals surface area contributed by atoms with Crippen LogP contribution < -0.4 is 5.32 Å². The van der Waals surface area contributed by atoms with Gasteiger partial charge in [0.15, 0.2) is 0 Å². The second kappa shape index (κ2) is 6.61. The van der Waals surface area contributed by atoms with Gasteiger partial charge in [-0.05, 0) is 31.6 Å². The number of rotatable bonds is 6. The van der Waals surface area contributed by atoms with Crippen molar-refractivity contribution >= 4 is 11.3 Å². The second-order valence-corrected chi connectivity index (χ2v) is 5.32. The van der Waals surface area contributed by atoms with Gasteiger partial charge in [-0.15, -0.1) is 11.3 Å². The van der Waals surface area contributed by atoms with E-state index in [4.69, 9.17) is 0 Å². The number of pyridine rings is 1. The summed E-state index contributed by atoms with van der Waals surface area (Å²) in [6.45, 7) is 3.28. The van der Waals surface area contributed by atoms with E-state index in [-0.39, 0.29) is 0 Å². The smallest absolute Gasteiger partial charge is 0.0998 e. The van der Waals surface area contributed by atoms with E-state index in [2.05, 4.69) is 27.6 Å². The first-order chi connectivity index (χ1) is 8.83. The summed E-state index contributed by atoms with van der Waals surface area (Å²) < 4.78 is 0. The van der Waals surface area contributed by atoms with Gasteiger partial charge in [0, 0.05) is 18.0 Å². The van der Waals surface area contributed by atoms with Crippen molar-refractivity contribution in [3.63, 3.8) is 0 Å². The summed E-state index contributed by atoms with van der Waals surface area (Å²) in [5.41, 5.74) is 1.96. The zero-order valence-electron chi connectivity index (χ0n) is 10.9. The van der Waals surface area contributed by atoms with Gasteiger partial charge in [0.05, 0.1) is 16.4 Å². The predicted molar refractivity (Wildman–Crippen MR) is 76.8 cm³/mol. The van der Waals surface area contributed by atoms with Gasteiger partial charge in [0.25, 0.3) is 0 Å². The second-order valence-electron chi connectivity index (χ2n) is 4.38. The lowest BCUT2D eigenvalue weighted by atomic mass is 10.0. The topological polar surface area (TPSA) is 37.8 Å². The van der Waals surface area contributed by atoms with Crippen molar-refractivity contribution < 1.29 is 0 Å². The molecule has 1 unspecified atom stereocenters. The van der Waals surface area contributed by atoms with E-state index >= 15 is 0 Å². The molecule has 0 saturated heterocycles. The molecular formula is C14H19N3S. The van der Waals surface area contributed by atoms with Gasteiger partial charge in [-0.1, -0.05) is 19.4 Å². The molecule has 18 heavy (non-hydrogen) atoms. The van der Waals surface area contributed by atoms with E-state index in [1.807, 2.05) is 31.4 Å². The summed E-state index contributed by atoms with van der Waals surface area (Å²) in [6, 6.07) is 5.93. The van der Waals surface area contributed by atoms with Crippen molar-refractivity contribution in [1.82, 2.24) is 15.3 Å². The monoisotopic (exact) mass is 261 g/mol. The molecule has 0 bridgehead atoms. The van der Waals surface area contributed by atoms with Crippen LogP contribution in [0.5, 0.6) is 0 Å². The molecule has 0 aliphatic carbocycles. The fourth-order valence-electron chi connectivity index (χ4n) is 1.93. The quantitative estimate of drug-likeness (QED) is 0.868. The van der Waals surface area contributed by atoms with Crippen molar-refractivity contribution in [2.24, 2.45) is 5.92 Å². The average molecular weight is 261 g/mol. The summed E-state index contributed by atoms with van der Waals surface area (Å²) >= 11 is 1.74. The predicted octanol–water partition coefficient (Wildman–Crippen LogP) is 2.99. The average Bonchev–Trinajstić information content (AvgIpc) is 2.88. The van der Waals surface area contributed by atoms with Crippen molar-refractivity contribution in [3.05, 3.63) is 34.8 Å². The summed E-state index contributed by atoms with van der Waals surface area (Å²) in [4.78, 5) is 9.01. The SMILES string of the molecule is CCC(CNC)Cc1nc(-c2ccccn2)cs1. The van der Waals surface area contributed by atoms with Crippen LogP contribution in [0.25, 0.3) is 11.4 Å². The molecule has 0 saturated carbocycles. The lowest BCUT2D eigenvalue weighted by molar-refractivity contribution is 0.480. The molecule has 2 aromatic rings. The molecule has 0 spiro atoms. The maximum atomic E-state index is 4.68. The molecule has 4 heteroatoms. The van der Waals surface area contributed by atoms with Gasteiger partial charge >= 0.3 is 0 Å².